The van der Waals surface area contributed by atoms with E-state index >= 15 is 0 Å². The lowest BCUT2D eigenvalue weighted by Crippen LogP contribution is -2.61. The number of likely N-dealkylation sites (tertiary alicyclic amines) is 2. The molecule has 5 rings (SSSR count). The second kappa shape index (κ2) is 11.6. The number of halogens is 1. The fourth-order valence-electron chi connectivity index (χ4n) is 5.80. The molecule has 0 unspecified atom stereocenters. The Morgan fingerprint density at radius 1 is 1.05 bits per heavy atom. The molecule has 0 aliphatic carbocycles. The van der Waals surface area contributed by atoms with Crippen molar-refractivity contribution >= 4 is 11.8 Å². The minimum atomic E-state index is -0.430. The highest BCUT2D eigenvalue weighted by atomic mass is 19.1. The molecule has 1 spiro atoms. The van der Waals surface area contributed by atoms with Crippen molar-refractivity contribution in [1.29, 1.82) is 0 Å². The van der Waals surface area contributed by atoms with Gasteiger partial charge in [-0.05, 0) is 70.4 Å². The monoisotopic (exact) mass is 554 g/mol. The average Bonchev–Trinajstić information content (AvgIpc) is 3.36. The largest absolute Gasteiger partial charge is 0.493 e. The van der Waals surface area contributed by atoms with Crippen molar-refractivity contribution in [3.05, 3.63) is 41.8 Å². The van der Waals surface area contributed by atoms with Crippen LogP contribution in [0.3, 0.4) is 0 Å². The van der Waals surface area contributed by atoms with E-state index in [1.54, 1.807) is 6.07 Å². The predicted molar refractivity (Wildman–Crippen MR) is 149 cm³/mol. The highest BCUT2D eigenvalue weighted by Crippen LogP contribution is 2.42. The van der Waals surface area contributed by atoms with Crippen LogP contribution >= 0.6 is 0 Å². The molecule has 3 aliphatic heterocycles. The van der Waals surface area contributed by atoms with E-state index in [1.807, 2.05) is 39.8 Å². The van der Waals surface area contributed by atoms with Crippen LogP contribution < -0.4 is 9.47 Å². The zero-order valence-electron chi connectivity index (χ0n) is 23.9. The number of hydrogen-bond acceptors (Lipinski definition) is 9. The van der Waals surface area contributed by atoms with Gasteiger partial charge < -0.3 is 23.9 Å². The molecule has 0 atom stereocenters. The Kier molecular flexibility index (Phi) is 8.16. The first-order chi connectivity index (χ1) is 19.3. The highest BCUT2D eigenvalue weighted by Gasteiger charge is 2.51. The first-order valence-electron chi connectivity index (χ1n) is 14.2. The number of pyridine rings is 1. The molecule has 40 heavy (non-hydrogen) atoms. The van der Waals surface area contributed by atoms with Crippen LogP contribution in [-0.2, 0) is 20.9 Å². The fraction of sp³-hybridized carbons (Fsp3) is 0.567. The molecule has 9 nitrogen and oxygen atoms in total. The van der Waals surface area contributed by atoms with Crippen LogP contribution in [0.2, 0.25) is 0 Å². The van der Waals surface area contributed by atoms with E-state index in [-0.39, 0.29) is 17.4 Å². The van der Waals surface area contributed by atoms with Gasteiger partial charge in [-0.1, -0.05) is 5.16 Å². The standard InChI is InChI=1S/C30H39FN4O5/c1-5-37-24-14-21(15-25(38-6-2)27(24)23-9-8-22(31)17-32-23)18-34-19-30(20-34)16-26(33-40-30)35-12-10-29(4,11-13-35)28(36)39-7-3/h8-9,14-15,17H,5-7,10-13,16,18-20H2,1-4H3. The Morgan fingerprint density at radius 3 is 2.30 bits per heavy atom. The highest BCUT2D eigenvalue weighted by molar-refractivity contribution is 5.85. The number of amidine groups is 1. The summed E-state index contributed by atoms with van der Waals surface area (Å²) in [4.78, 5) is 27.2. The second-order valence-corrected chi connectivity index (χ2v) is 11.1. The number of esters is 1. The summed E-state index contributed by atoms with van der Waals surface area (Å²) < 4.78 is 30.8. The summed E-state index contributed by atoms with van der Waals surface area (Å²) in [5, 5.41) is 4.46. The quantitative estimate of drug-likeness (QED) is 0.415. The van der Waals surface area contributed by atoms with E-state index in [0.29, 0.717) is 43.6 Å². The van der Waals surface area contributed by atoms with Crippen molar-refractivity contribution in [2.45, 2.75) is 59.1 Å². The molecule has 0 bridgehead atoms. The molecule has 2 saturated heterocycles. The molecule has 216 valence electrons. The first kappa shape index (κ1) is 28.1. The van der Waals surface area contributed by atoms with Gasteiger partial charge in [0.2, 0.25) is 0 Å². The molecule has 1 aromatic heterocycles. The number of benzene rings is 1. The molecule has 1 aromatic carbocycles. The van der Waals surface area contributed by atoms with Crippen molar-refractivity contribution in [3.63, 3.8) is 0 Å². The number of hydrogen-bond donors (Lipinski definition) is 0. The van der Waals surface area contributed by atoms with Crippen LogP contribution in [0.1, 0.15) is 52.5 Å². The third-order valence-electron chi connectivity index (χ3n) is 7.96. The van der Waals surface area contributed by atoms with Crippen molar-refractivity contribution in [1.82, 2.24) is 14.8 Å². The van der Waals surface area contributed by atoms with Gasteiger partial charge in [0.1, 0.15) is 23.2 Å². The van der Waals surface area contributed by atoms with Gasteiger partial charge in [0.15, 0.2) is 5.60 Å². The van der Waals surface area contributed by atoms with Crippen LogP contribution in [0.25, 0.3) is 11.3 Å². The summed E-state index contributed by atoms with van der Waals surface area (Å²) in [6, 6.07) is 7.07. The van der Waals surface area contributed by atoms with Crippen molar-refractivity contribution in [2.75, 3.05) is 46.0 Å². The molecule has 0 radical (unpaired) electrons. The molecular formula is C30H39FN4O5. The van der Waals surface area contributed by atoms with Gasteiger partial charge >= 0.3 is 5.97 Å². The number of oxime groups is 1. The molecule has 0 amide bonds. The zero-order chi connectivity index (χ0) is 28.3. The summed E-state index contributed by atoms with van der Waals surface area (Å²) in [6.45, 7) is 12.9. The van der Waals surface area contributed by atoms with Crippen molar-refractivity contribution < 1.29 is 28.2 Å². The normalized spacial score (nSPS) is 19.5. The maximum Gasteiger partial charge on any atom is 0.311 e. The van der Waals surface area contributed by atoms with Crippen LogP contribution in [-0.4, -0.2) is 78.2 Å². The van der Waals surface area contributed by atoms with Crippen LogP contribution in [0.15, 0.2) is 35.6 Å². The van der Waals surface area contributed by atoms with E-state index in [9.17, 15) is 9.18 Å². The minimum Gasteiger partial charge on any atom is -0.493 e. The molecule has 4 heterocycles. The molecule has 0 saturated carbocycles. The van der Waals surface area contributed by atoms with Gasteiger partial charge in [0.25, 0.3) is 0 Å². The summed E-state index contributed by atoms with van der Waals surface area (Å²) in [5.41, 5.74) is 1.65. The van der Waals surface area contributed by atoms with Gasteiger partial charge in [0.05, 0.1) is 49.1 Å². The molecule has 2 aromatic rings. The van der Waals surface area contributed by atoms with E-state index < -0.39 is 5.41 Å². The van der Waals surface area contributed by atoms with Crippen molar-refractivity contribution in [2.24, 2.45) is 10.6 Å². The maximum atomic E-state index is 13.5. The number of ether oxygens (including phenoxy) is 3. The predicted octanol–water partition coefficient (Wildman–Crippen LogP) is 4.64. The Hall–Kier alpha value is -3.40. The molecule has 0 N–H and O–H groups in total. The maximum absolute atomic E-state index is 13.5. The van der Waals surface area contributed by atoms with Crippen LogP contribution in [0.4, 0.5) is 4.39 Å². The van der Waals surface area contributed by atoms with Crippen LogP contribution in [0, 0.1) is 11.2 Å². The van der Waals surface area contributed by atoms with Crippen LogP contribution in [0.5, 0.6) is 11.5 Å². The lowest BCUT2D eigenvalue weighted by atomic mass is 9.80. The molecule has 2 fully saturated rings. The number of carbonyl (C=O) groups is 1. The lowest BCUT2D eigenvalue weighted by molar-refractivity contribution is -0.156. The van der Waals surface area contributed by atoms with E-state index in [0.717, 1.165) is 62.4 Å². The zero-order valence-corrected chi connectivity index (χ0v) is 23.9. The van der Waals surface area contributed by atoms with Crippen molar-refractivity contribution in [3.8, 4) is 22.8 Å². The Balaban J connectivity index is 1.21. The summed E-state index contributed by atoms with van der Waals surface area (Å²) in [5.74, 6) is 1.81. The van der Waals surface area contributed by atoms with Gasteiger partial charge in [-0.3, -0.25) is 14.7 Å². The first-order valence-corrected chi connectivity index (χ1v) is 14.2. The third-order valence-corrected chi connectivity index (χ3v) is 7.96. The number of nitrogens with zero attached hydrogens (tertiary/aromatic N) is 4. The number of aromatic nitrogens is 1. The third kappa shape index (κ3) is 5.73. The Morgan fingerprint density at radius 2 is 1.73 bits per heavy atom. The topological polar surface area (TPSA) is 85.7 Å². The summed E-state index contributed by atoms with van der Waals surface area (Å²) in [6.07, 6.45) is 3.47. The number of piperidine rings is 1. The lowest BCUT2D eigenvalue weighted by Gasteiger charge is -2.45. The SMILES string of the molecule is CCOC(=O)C1(C)CCN(C2=NOC3(C2)CN(Cc2cc(OCC)c(-c4ccc(F)cn4)c(OCC)c2)C3)CC1. The summed E-state index contributed by atoms with van der Waals surface area (Å²) in [7, 11) is 0. The number of carbonyl (C=O) groups excluding carboxylic acids is 1. The molecular weight excluding hydrogens is 515 g/mol. The second-order valence-electron chi connectivity index (χ2n) is 11.1. The molecule has 3 aliphatic rings. The fourth-order valence-corrected chi connectivity index (χ4v) is 5.80. The van der Waals surface area contributed by atoms with E-state index in [2.05, 4.69) is 19.9 Å². The van der Waals surface area contributed by atoms with Gasteiger partial charge in [-0.25, -0.2) is 4.39 Å². The minimum absolute atomic E-state index is 0.104. The Bertz CT molecular complexity index is 1210. The number of rotatable bonds is 9. The average molecular weight is 555 g/mol. The van der Waals surface area contributed by atoms with Gasteiger partial charge in [0, 0.05) is 32.7 Å². The smallest absolute Gasteiger partial charge is 0.311 e. The molecule has 10 heteroatoms. The van der Waals surface area contributed by atoms with Gasteiger partial charge in [-0.2, -0.15) is 0 Å². The van der Waals surface area contributed by atoms with E-state index in [1.165, 1.54) is 12.3 Å². The van der Waals surface area contributed by atoms with Gasteiger partial charge in [-0.15, -0.1) is 0 Å². The van der Waals surface area contributed by atoms with E-state index in [4.69, 9.17) is 19.0 Å². The Labute approximate surface area is 235 Å². The summed E-state index contributed by atoms with van der Waals surface area (Å²) >= 11 is 0.